The van der Waals surface area contributed by atoms with E-state index in [1.54, 1.807) is 0 Å². The van der Waals surface area contributed by atoms with E-state index in [1.807, 2.05) is 0 Å². The first kappa shape index (κ1) is 12.7. The maximum absolute atomic E-state index is 10.8. The van der Waals surface area contributed by atoms with Crippen LogP contribution in [0.3, 0.4) is 0 Å². The molecule has 0 aliphatic carbocycles. The number of hydrogen-bond acceptors (Lipinski definition) is 3. The van der Waals surface area contributed by atoms with Crippen molar-refractivity contribution in [2.45, 2.75) is 5.75 Å². The van der Waals surface area contributed by atoms with Crippen molar-refractivity contribution in [3.63, 3.8) is 0 Å². The molecule has 0 aliphatic rings. The fourth-order valence-corrected chi connectivity index (χ4v) is 2.56. The van der Waals surface area contributed by atoms with Crippen LogP contribution in [0.2, 0.25) is 10.0 Å². The molecule has 0 aliphatic heterocycles. The minimum atomic E-state index is -1.68. The van der Waals surface area contributed by atoms with Gasteiger partial charge in [0.15, 0.2) is 0 Å². The van der Waals surface area contributed by atoms with Crippen molar-refractivity contribution in [1.29, 1.82) is 0 Å². The summed E-state index contributed by atoms with van der Waals surface area (Å²) in [6.45, 7) is 0. The molecule has 82 valence electrons. The van der Waals surface area contributed by atoms with Crippen LogP contribution in [-0.4, -0.2) is 9.13 Å². The highest BCUT2D eigenvalue weighted by Crippen LogP contribution is 2.34. The predicted octanol–water partition coefficient (Wildman–Crippen LogP) is 3.30. The third-order valence-corrected chi connectivity index (χ3v) is 3.24. The molecule has 0 spiro atoms. The molecule has 1 atom stereocenters. The van der Waals surface area contributed by atoms with Gasteiger partial charge in [-0.25, -0.2) is 4.21 Å². The molecule has 1 rings (SSSR count). The summed E-state index contributed by atoms with van der Waals surface area (Å²) < 4.78 is 10.8. The summed E-state index contributed by atoms with van der Waals surface area (Å²) in [5, 5.41) is 10.6. The average Bonchev–Trinajstić information content (AvgIpc) is 2.11. The van der Waals surface area contributed by atoms with Crippen LogP contribution in [0.5, 0.6) is 0 Å². The molecule has 0 amide bonds. The fourth-order valence-electron chi connectivity index (χ4n) is 0.972. The molecule has 0 heterocycles. The van der Waals surface area contributed by atoms with E-state index in [9.17, 15) is 14.3 Å². The zero-order valence-corrected chi connectivity index (χ0v) is 10.2. The lowest BCUT2D eigenvalue weighted by Gasteiger charge is -2.04. The predicted molar refractivity (Wildman–Crippen MR) is 60.8 cm³/mol. The minimum absolute atomic E-state index is 0.124. The summed E-state index contributed by atoms with van der Waals surface area (Å²) in [7, 11) is 3.60. The normalized spacial score (nSPS) is 12.5. The fraction of sp³-hybridized carbons (Fsp3) is 0.143. The first-order valence-electron chi connectivity index (χ1n) is 3.59. The minimum Gasteiger partial charge on any atom is -0.258 e. The lowest BCUT2D eigenvalue weighted by atomic mass is 10.2. The number of hydrogen-bond donors (Lipinski definition) is 0. The Morgan fingerprint density at radius 3 is 2.47 bits per heavy atom. The molecule has 0 saturated carbocycles. The molecule has 4 nitrogen and oxygen atoms in total. The lowest BCUT2D eigenvalue weighted by Crippen LogP contribution is -1.96. The highest BCUT2D eigenvalue weighted by Gasteiger charge is 2.19. The van der Waals surface area contributed by atoms with Crippen molar-refractivity contribution in [2.75, 3.05) is 0 Å². The van der Waals surface area contributed by atoms with Gasteiger partial charge in [0.2, 0.25) is 0 Å². The second-order valence-electron chi connectivity index (χ2n) is 2.55. The van der Waals surface area contributed by atoms with Crippen LogP contribution in [0.15, 0.2) is 12.1 Å². The lowest BCUT2D eigenvalue weighted by molar-refractivity contribution is -0.384. The molecule has 1 unspecified atom stereocenters. The number of benzene rings is 1. The van der Waals surface area contributed by atoms with Gasteiger partial charge < -0.3 is 0 Å². The quantitative estimate of drug-likeness (QED) is 0.487. The van der Waals surface area contributed by atoms with E-state index in [2.05, 4.69) is 0 Å². The Balaban J connectivity index is 3.29. The Labute approximate surface area is 102 Å². The molecule has 1 aromatic carbocycles. The molecular formula is C7H4Cl3NO3S. The zero-order valence-electron chi connectivity index (χ0n) is 7.08. The molecular weight excluding hydrogens is 285 g/mol. The van der Waals surface area contributed by atoms with Crippen molar-refractivity contribution < 1.29 is 9.13 Å². The summed E-state index contributed by atoms with van der Waals surface area (Å²) >= 11 is 11.5. The van der Waals surface area contributed by atoms with Gasteiger partial charge in [-0.05, 0) is 16.7 Å². The maximum atomic E-state index is 10.8. The Morgan fingerprint density at radius 1 is 1.40 bits per heavy atom. The van der Waals surface area contributed by atoms with E-state index in [0.29, 0.717) is 0 Å². The molecule has 1 aromatic rings. The Kier molecular flexibility index (Phi) is 4.33. The van der Waals surface area contributed by atoms with Crippen LogP contribution in [0, 0.1) is 10.1 Å². The summed E-state index contributed by atoms with van der Waals surface area (Å²) in [6, 6.07) is 2.51. The van der Waals surface area contributed by atoms with Crippen molar-refractivity contribution in [3.05, 3.63) is 37.9 Å². The monoisotopic (exact) mass is 287 g/mol. The number of nitro groups is 1. The Hall–Kier alpha value is -0.360. The van der Waals surface area contributed by atoms with Crippen LogP contribution in [0.1, 0.15) is 5.56 Å². The zero-order chi connectivity index (χ0) is 11.6. The standard InChI is InChI=1S/C7H4Cl3NO3S/c8-5-1-2-6(11(12)13)7(9)4(5)3-15(10)14/h1-2H,3H2. The van der Waals surface area contributed by atoms with Gasteiger partial charge in [0.05, 0.1) is 10.7 Å². The van der Waals surface area contributed by atoms with Crippen molar-refractivity contribution in [1.82, 2.24) is 0 Å². The second kappa shape index (κ2) is 5.12. The Morgan fingerprint density at radius 2 is 2.00 bits per heavy atom. The third-order valence-electron chi connectivity index (χ3n) is 1.62. The summed E-state index contributed by atoms with van der Waals surface area (Å²) in [6.07, 6.45) is 0. The summed E-state index contributed by atoms with van der Waals surface area (Å²) in [5.74, 6) is -0.124. The van der Waals surface area contributed by atoms with Gasteiger partial charge in [0.25, 0.3) is 5.69 Å². The number of nitrogens with zero attached hydrogens (tertiary/aromatic N) is 1. The topological polar surface area (TPSA) is 60.2 Å². The average molecular weight is 289 g/mol. The summed E-state index contributed by atoms with van der Waals surface area (Å²) in [5.41, 5.74) is -0.0564. The van der Waals surface area contributed by atoms with Crippen LogP contribution in [0.25, 0.3) is 0 Å². The third kappa shape index (κ3) is 3.04. The maximum Gasteiger partial charge on any atom is 0.288 e. The van der Waals surface area contributed by atoms with E-state index in [4.69, 9.17) is 33.9 Å². The van der Waals surface area contributed by atoms with E-state index in [1.165, 1.54) is 12.1 Å². The second-order valence-corrected chi connectivity index (χ2v) is 5.24. The largest absolute Gasteiger partial charge is 0.288 e. The molecule has 0 fully saturated rings. The SMILES string of the molecule is O=[N+]([O-])c1ccc(Cl)c(CS(=O)Cl)c1Cl. The van der Waals surface area contributed by atoms with Gasteiger partial charge in [0.1, 0.15) is 15.0 Å². The van der Waals surface area contributed by atoms with E-state index in [-0.39, 0.29) is 27.0 Å². The van der Waals surface area contributed by atoms with Crippen molar-refractivity contribution in [2.24, 2.45) is 0 Å². The number of nitro benzene ring substituents is 1. The van der Waals surface area contributed by atoms with Crippen LogP contribution in [-0.2, 0) is 15.8 Å². The van der Waals surface area contributed by atoms with Crippen LogP contribution in [0.4, 0.5) is 5.69 Å². The molecule has 0 radical (unpaired) electrons. The van der Waals surface area contributed by atoms with Gasteiger partial charge in [-0.3, -0.25) is 10.1 Å². The van der Waals surface area contributed by atoms with E-state index < -0.39 is 14.9 Å². The molecule has 8 heteroatoms. The van der Waals surface area contributed by atoms with Gasteiger partial charge in [-0.1, -0.05) is 23.2 Å². The van der Waals surface area contributed by atoms with Crippen LogP contribution >= 0.6 is 33.9 Å². The Bertz CT molecular complexity index is 438. The first-order chi connectivity index (χ1) is 6.93. The van der Waals surface area contributed by atoms with E-state index in [0.717, 1.165) is 0 Å². The van der Waals surface area contributed by atoms with Gasteiger partial charge in [-0.2, -0.15) is 0 Å². The van der Waals surface area contributed by atoms with Gasteiger partial charge in [0, 0.05) is 16.7 Å². The molecule has 0 bridgehead atoms. The van der Waals surface area contributed by atoms with Crippen molar-refractivity contribution in [3.8, 4) is 0 Å². The van der Waals surface area contributed by atoms with E-state index >= 15 is 0 Å². The summed E-state index contributed by atoms with van der Waals surface area (Å²) in [4.78, 5) is 9.90. The van der Waals surface area contributed by atoms with Crippen LogP contribution < -0.4 is 0 Å². The van der Waals surface area contributed by atoms with Gasteiger partial charge >= 0.3 is 0 Å². The number of halogens is 3. The molecule has 0 saturated heterocycles. The van der Waals surface area contributed by atoms with Gasteiger partial charge in [-0.15, -0.1) is 0 Å². The molecule has 15 heavy (non-hydrogen) atoms. The number of rotatable bonds is 3. The highest BCUT2D eigenvalue weighted by molar-refractivity contribution is 8.07. The first-order valence-corrected chi connectivity index (χ1v) is 6.49. The molecule has 0 N–H and O–H groups in total. The highest BCUT2D eigenvalue weighted by atomic mass is 35.7. The molecule has 0 aromatic heterocycles. The smallest absolute Gasteiger partial charge is 0.258 e. The van der Waals surface area contributed by atoms with Crippen molar-refractivity contribution >= 4 is 49.6 Å².